The quantitative estimate of drug-likeness (QED) is 0.843. The van der Waals surface area contributed by atoms with Gasteiger partial charge in [-0.15, -0.1) is 11.3 Å². The normalized spacial score (nSPS) is 29.8. The molecule has 0 radical (unpaired) electrons. The van der Waals surface area contributed by atoms with Crippen LogP contribution in [-0.4, -0.2) is 47.8 Å². The van der Waals surface area contributed by atoms with Crippen molar-refractivity contribution in [2.75, 3.05) is 26.2 Å². The fraction of sp³-hybridized carbons (Fsp3) is 0.684. The molecule has 2 bridgehead atoms. The largest absolute Gasteiger partial charge is 0.341 e. The summed E-state index contributed by atoms with van der Waals surface area (Å²) in [5.41, 5.74) is 0. The second-order valence-corrected chi connectivity index (χ2v) is 8.59. The first-order valence-electron chi connectivity index (χ1n) is 9.31. The van der Waals surface area contributed by atoms with Gasteiger partial charge in [0, 0.05) is 32.6 Å². The Balaban J connectivity index is 1.31. The summed E-state index contributed by atoms with van der Waals surface area (Å²) < 4.78 is 0. The van der Waals surface area contributed by atoms with Crippen LogP contribution in [0.4, 0.5) is 0 Å². The monoisotopic (exact) mass is 346 g/mol. The number of amides is 2. The van der Waals surface area contributed by atoms with Gasteiger partial charge in [0.15, 0.2) is 0 Å². The van der Waals surface area contributed by atoms with E-state index in [-0.39, 0.29) is 5.91 Å². The van der Waals surface area contributed by atoms with Crippen molar-refractivity contribution in [3.63, 3.8) is 0 Å². The number of hydrogen-bond donors (Lipinski definition) is 0. The van der Waals surface area contributed by atoms with Crippen molar-refractivity contribution in [2.24, 2.45) is 17.8 Å². The molecule has 2 saturated carbocycles. The van der Waals surface area contributed by atoms with Gasteiger partial charge in [0.05, 0.1) is 4.88 Å². The third-order valence-electron chi connectivity index (χ3n) is 6.19. The van der Waals surface area contributed by atoms with Gasteiger partial charge in [0.2, 0.25) is 5.91 Å². The van der Waals surface area contributed by atoms with Crippen molar-refractivity contribution in [3.8, 4) is 0 Å². The van der Waals surface area contributed by atoms with Gasteiger partial charge in [-0.25, -0.2) is 0 Å². The van der Waals surface area contributed by atoms with Crippen LogP contribution in [0.15, 0.2) is 17.5 Å². The smallest absolute Gasteiger partial charge is 0.263 e. The van der Waals surface area contributed by atoms with Crippen molar-refractivity contribution in [2.45, 2.75) is 38.5 Å². The first-order chi connectivity index (χ1) is 11.7. The minimum Gasteiger partial charge on any atom is -0.341 e. The maximum absolute atomic E-state index is 12.7. The number of thiophene rings is 1. The third-order valence-corrected chi connectivity index (χ3v) is 7.05. The van der Waals surface area contributed by atoms with E-state index in [4.69, 9.17) is 0 Å². The summed E-state index contributed by atoms with van der Waals surface area (Å²) in [5.74, 6) is 2.77. The highest BCUT2D eigenvalue weighted by Crippen LogP contribution is 2.49. The van der Waals surface area contributed by atoms with E-state index in [0.29, 0.717) is 24.9 Å². The van der Waals surface area contributed by atoms with Gasteiger partial charge in [-0.3, -0.25) is 9.59 Å². The molecule has 1 aliphatic heterocycles. The molecule has 0 aromatic carbocycles. The Labute approximate surface area is 147 Å². The molecule has 0 spiro atoms. The Kier molecular flexibility index (Phi) is 4.61. The Morgan fingerprint density at radius 2 is 1.92 bits per heavy atom. The molecule has 24 heavy (non-hydrogen) atoms. The molecule has 3 aliphatic rings. The average molecular weight is 346 g/mol. The molecular formula is C19H26N2O2S. The summed E-state index contributed by atoms with van der Waals surface area (Å²) in [4.78, 5) is 29.9. The second kappa shape index (κ2) is 6.87. The van der Waals surface area contributed by atoms with Gasteiger partial charge < -0.3 is 9.80 Å². The number of nitrogens with zero attached hydrogens (tertiary/aromatic N) is 2. The van der Waals surface area contributed by atoms with Gasteiger partial charge in [-0.1, -0.05) is 12.5 Å². The minimum absolute atomic E-state index is 0.118. The molecule has 2 amide bonds. The van der Waals surface area contributed by atoms with Crippen molar-refractivity contribution in [1.82, 2.24) is 9.80 Å². The van der Waals surface area contributed by atoms with Crippen LogP contribution in [0.25, 0.3) is 0 Å². The SMILES string of the molecule is O=C(CC1CC2CCC1C2)N1CCCN(C(=O)c2cccs2)CC1. The van der Waals surface area contributed by atoms with Crippen molar-refractivity contribution >= 4 is 23.2 Å². The maximum Gasteiger partial charge on any atom is 0.263 e. The molecule has 0 N–H and O–H groups in total. The highest BCUT2D eigenvalue weighted by atomic mass is 32.1. The molecule has 5 heteroatoms. The summed E-state index contributed by atoms with van der Waals surface area (Å²) in [6, 6.07) is 3.80. The van der Waals surface area contributed by atoms with Gasteiger partial charge in [0.25, 0.3) is 5.91 Å². The van der Waals surface area contributed by atoms with E-state index in [9.17, 15) is 9.59 Å². The van der Waals surface area contributed by atoms with Gasteiger partial charge in [-0.2, -0.15) is 0 Å². The zero-order chi connectivity index (χ0) is 16.5. The lowest BCUT2D eigenvalue weighted by atomic mass is 9.86. The zero-order valence-electron chi connectivity index (χ0n) is 14.2. The van der Waals surface area contributed by atoms with E-state index in [1.54, 1.807) is 0 Å². The van der Waals surface area contributed by atoms with E-state index >= 15 is 0 Å². The van der Waals surface area contributed by atoms with E-state index in [2.05, 4.69) is 0 Å². The van der Waals surface area contributed by atoms with Crippen LogP contribution in [0.5, 0.6) is 0 Å². The Morgan fingerprint density at radius 3 is 2.62 bits per heavy atom. The van der Waals surface area contributed by atoms with Crippen molar-refractivity contribution in [1.29, 1.82) is 0 Å². The lowest BCUT2D eigenvalue weighted by Gasteiger charge is -2.26. The zero-order valence-corrected chi connectivity index (χ0v) is 15.0. The van der Waals surface area contributed by atoms with Gasteiger partial charge in [-0.05, 0) is 54.9 Å². The average Bonchev–Trinajstić information content (AvgIpc) is 3.29. The summed E-state index contributed by atoms with van der Waals surface area (Å²) >= 11 is 1.49. The molecule has 3 unspecified atom stereocenters. The van der Waals surface area contributed by atoms with E-state index < -0.39 is 0 Å². The van der Waals surface area contributed by atoms with E-state index in [1.807, 2.05) is 27.3 Å². The van der Waals surface area contributed by atoms with Gasteiger partial charge >= 0.3 is 0 Å². The predicted octanol–water partition coefficient (Wildman–Crippen LogP) is 3.25. The summed E-state index contributed by atoms with van der Waals surface area (Å²) in [6.45, 7) is 2.92. The highest BCUT2D eigenvalue weighted by molar-refractivity contribution is 7.12. The molecule has 1 aromatic heterocycles. The first-order valence-corrected chi connectivity index (χ1v) is 10.2. The molecule has 2 aliphatic carbocycles. The standard InChI is InChI=1S/C19H26N2O2S/c22-18(13-16-12-14-4-5-15(16)11-14)20-6-2-7-21(9-8-20)19(23)17-3-1-10-24-17/h1,3,10,14-16H,2,4-9,11-13H2. The van der Waals surface area contributed by atoms with Crippen molar-refractivity contribution in [3.05, 3.63) is 22.4 Å². The minimum atomic E-state index is 0.118. The summed E-state index contributed by atoms with van der Waals surface area (Å²) in [6.07, 6.45) is 6.98. The first kappa shape index (κ1) is 16.1. The molecule has 1 saturated heterocycles. The molecule has 3 atom stereocenters. The number of hydrogen-bond acceptors (Lipinski definition) is 3. The van der Waals surface area contributed by atoms with Crippen LogP contribution in [0.3, 0.4) is 0 Å². The molecular weight excluding hydrogens is 320 g/mol. The lowest BCUT2D eigenvalue weighted by Crippen LogP contribution is -2.38. The highest BCUT2D eigenvalue weighted by Gasteiger charge is 2.40. The van der Waals surface area contributed by atoms with Crippen LogP contribution in [0, 0.1) is 17.8 Å². The molecule has 4 nitrogen and oxygen atoms in total. The Morgan fingerprint density at radius 1 is 1.08 bits per heavy atom. The lowest BCUT2D eigenvalue weighted by molar-refractivity contribution is -0.132. The number of carbonyl (C=O) groups is 2. The summed E-state index contributed by atoms with van der Waals surface area (Å²) in [5, 5.41) is 1.94. The fourth-order valence-electron chi connectivity index (χ4n) is 4.91. The summed E-state index contributed by atoms with van der Waals surface area (Å²) in [7, 11) is 0. The number of carbonyl (C=O) groups excluding carboxylic acids is 2. The number of rotatable bonds is 3. The second-order valence-electron chi connectivity index (χ2n) is 7.64. The van der Waals surface area contributed by atoms with Crippen LogP contribution in [-0.2, 0) is 4.79 Å². The molecule has 3 fully saturated rings. The van der Waals surface area contributed by atoms with E-state index in [1.165, 1.54) is 37.0 Å². The predicted molar refractivity (Wildman–Crippen MR) is 95.0 cm³/mol. The molecule has 1 aromatic rings. The third kappa shape index (κ3) is 3.23. The Hall–Kier alpha value is -1.36. The van der Waals surface area contributed by atoms with Crippen molar-refractivity contribution < 1.29 is 9.59 Å². The van der Waals surface area contributed by atoms with E-state index in [0.717, 1.165) is 42.6 Å². The van der Waals surface area contributed by atoms with Crippen LogP contribution < -0.4 is 0 Å². The molecule has 130 valence electrons. The van der Waals surface area contributed by atoms with Crippen LogP contribution in [0.2, 0.25) is 0 Å². The van der Waals surface area contributed by atoms with Gasteiger partial charge in [0.1, 0.15) is 0 Å². The topological polar surface area (TPSA) is 40.6 Å². The number of fused-ring (bicyclic) bond motifs is 2. The maximum atomic E-state index is 12.7. The molecule has 4 rings (SSSR count). The fourth-order valence-corrected chi connectivity index (χ4v) is 5.60. The Bertz CT molecular complexity index is 601. The van der Waals surface area contributed by atoms with Crippen LogP contribution >= 0.6 is 11.3 Å². The van der Waals surface area contributed by atoms with Crippen LogP contribution in [0.1, 0.15) is 48.2 Å². The molecule has 2 heterocycles.